The van der Waals surface area contributed by atoms with E-state index in [0.29, 0.717) is 15.8 Å². The molecule has 4 rings (SSSR count). The van der Waals surface area contributed by atoms with Gasteiger partial charge in [0.05, 0.1) is 17.8 Å². The first-order chi connectivity index (χ1) is 17.9. The van der Waals surface area contributed by atoms with E-state index in [9.17, 15) is 18.8 Å². The van der Waals surface area contributed by atoms with E-state index in [-0.39, 0.29) is 12.1 Å². The van der Waals surface area contributed by atoms with Crippen LogP contribution >= 0.6 is 22.9 Å². The van der Waals surface area contributed by atoms with E-state index in [1.54, 1.807) is 12.1 Å². The van der Waals surface area contributed by atoms with Crippen molar-refractivity contribution in [3.63, 3.8) is 0 Å². The maximum Gasteiger partial charge on any atom is 0.325 e. The fourth-order valence-corrected chi connectivity index (χ4v) is 4.31. The van der Waals surface area contributed by atoms with Gasteiger partial charge in [0.1, 0.15) is 12.4 Å². The Kier molecular flexibility index (Phi) is 8.60. The van der Waals surface area contributed by atoms with Crippen molar-refractivity contribution in [1.29, 1.82) is 0 Å². The summed E-state index contributed by atoms with van der Waals surface area (Å²) in [5.74, 6) is -2.79. The summed E-state index contributed by atoms with van der Waals surface area (Å²) in [6.45, 7) is -0.858. The highest BCUT2D eigenvalue weighted by Crippen LogP contribution is 2.29. The van der Waals surface area contributed by atoms with Crippen LogP contribution < -0.4 is 10.2 Å². The first-order valence-electron chi connectivity index (χ1n) is 11.1. The molecule has 0 spiro atoms. The van der Waals surface area contributed by atoms with Gasteiger partial charge in [-0.1, -0.05) is 66.2 Å². The van der Waals surface area contributed by atoms with Crippen LogP contribution in [-0.2, 0) is 20.9 Å². The average Bonchev–Trinajstić information content (AvgIpc) is 3.40. The molecular weight excluding hydrogens is 517 g/mol. The maximum atomic E-state index is 13.7. The molecule has 3 aromatic carbocycles. The Bertz CT molecular complexity index is 1400. The molecule has 0 aliphatic carbocycles. The van der Waals surface area contributed by atoms with E-state index in [0.717, 1.165) is 17.2 Å². The third-order valence-corrected chi connectivity index (χ3v) is 6.33. The van der Waals surface area contributed by atoms with Crippen molar-refractivity contribution in [3.05, 3.63) is 106 Å². The number of thiazole rings is 1. The largest absolute Gasteiger partial charge is 0.454 e. The summed E-state index contributed by atoms with van der Waals surface area (Å²) in [5, 5.41) is 5.16. The molecule has 4 aromatic rings. The number of ether oxygens (including phenoxy) is 1. The number of benzene rings is 3. The third kappa shape index (κ3) is 6.99. The molecule has 0 saturated heterocycles. The predicted octanol–water partition coefficient (Wildman–Crippen LogP) is 5.11. The quantitative estimate of drug-likeness (QED) is 0.300. The number of anilines is 1. The summed E-state index contributed by atoms with van der Waals surface area (Å²) in [4.78, 5) is 43.4. The third-order valence-electron chi connectivity index (χ3n) is 5.22. The topological polar surface area (TPSA) is 88.6 Å². The van der Waals surface area contributed by atoms with Gasteiger partial charge in [-0.25, -0.2) is 9.37 Å². The maximum absolute atomic E-state index is 13.7. The van der Waals surface area contributed by atoms with Crippen molar-refractivity contribution in [3.8, 4) is 11.3 Å². The van der Waals surface area contributed by atoms with E-state index in [1.165, 1.54) is 34.4 Å². The first-order valence-corrected chi connectivity index (χ1v) is 12.4. The molecule has 0 unspecified atom stereocenters. The van der Waals surface area contributed by atoms with E-state index in [4.69, 9.17) is 16.3 Å². The van der Waals surface area contributed by atoms with Crippen molar-refractivity contribution in [2.75, 3.05) is 18.1 Å². The lowest BCUT2D eigenvalue weighted by Crippen LogP contribution is -2.36. The van der Waals surface area contributed by atoms with Crippen LogP contribution in [0.5, 0.6) is 0 Å². The van der Waals surface area contributed by atoms with Gasteiger partial charge in [0.25, 0.3) is 11.8 Å². The van der Waals surface area contributed by atoms with Gasteiger partial charge >= 0.3 is 5.97 Å². The van der Waals surface area contributed by atoms with Gasteiger partial charge in [0, 0.05) is 16.0 Å². The minimum atomic E-state index is -0.835. The number of nitrogens with one attached hydrogen (secondary N) is 1. The number of hydrogen-bond donors (Lipinski definition) is 1. The monoisotopic (exact) mass is 537 g/mol. The number of hydrogen-bond acceptors (Lipinski definition) is 6. The zero-order chi connectivity index (χ0) is 26.2. The lowest BCUT2D eigenvalue weighted by Gasteiger charge is -2.20. The van der Waals surface area contributed by atoms with E-state index < -0.39 is 36.8 Å². The van der Waals surface area contributed by atoms with Gasteiger partial charge in [-0.3, -0.25) is 19.3 Å². The summed E-state index contributed by atoms with van der Waals surface area (Å²) in [6.07, 6.45) is 0. The molecule has 0 aliphatic rings. The van der Waals surface area contributed by atoms with Crippen LogP contribution in [0.15, 0.2) is 84.2 Å². The Morgan fingerprint density at radius 3 is 2.41 bits per heavy atom. The van der Waals surface area contributed by atoms with Gasteiger partial charge in [-0.05, 0) is 29.8 Å². The highest BCUT2D eigenvalue weighted by Gasteiger charge is 2.22. The van der Waals surface area contributed by atoms with Crippen molar-refractivity contribution in [2.45, 2.75) is 6.54 Å². The van der Waals surface area contributed by atoms with Crippen molar-refractivity contribution in [1.82, 2.24) is 10.3 Å². The fraction of sp³-hybridized carbons (Fsp3) is 0.111. The summed E-state index contributed by atoms with van der Waals surface area (Å²) < 4.78 is 18.8. The molecule has 1 aromatic heterocycles. The highest BCUT2D eigenvalue weighted by atomic mass is 35.5. The van der Waals surface area contributed by atoms with E-state index in [1.807, 2.05) is 47.8 Å². The minimum Gasteiger partial charge on any atom is -0.454 e. The van der Waals surface area contributed by atoms with Crippen molar-refractivity contribution in [2.24, 2.45) is 0 Å². The van der Waals surface area contributed by atoms with Crippen LogP contribution in [0.3, 0.4) is 0 Å². The predicted molar refractivity (Wildman–Crippen MR) is 140 cm³/mol. The smallest absolute Gasteiger partial charge is 0.325 e. The van der Waals surface area contributed by atoms with Crippen LogP contribution in [-0.4, -0.2) is 35.9 Å². The molecular formula is C27H21ClFN3O4S. The summed E-state index contributed by atoms with van der Waals surface area (Å²) in [6, 6.07) is 21.9. The van der Waals surface area contributed by atoms with Crippen LogP contribution in [0.25, 0.3) is 11.3 Å². The second-order valence-electron chi connectivity index (χ2n) is 7.81. The van der Waals surface area contributed by atoms with Crippen molar-refractivity contribution < 1.29 is 23.5 Å². The minimum absolute atomic E-state index is 0.194. The Hall–Kier alpha value is -4.08. The number of carbonyl (C=O) groups is 3. The molecule has 188 valence electrons. The molecule has 0 aliphatic heterocycles. The number of nitrogens with zero attached hydrogens (tertiary/aromatic N) is 2. The lowest BCUT2D eigenvalue weighted by molar-refractivity contribution is -0.146. The van der Waals surface area contributed by atoms with Crippen LogP contribution in [0.4, 0.5) is 9.52 Å². The van der Waals surface area contributed by atoms with Gasteiger partial charge in [0.15, 0.2) is 11.7 Å². The highest BCUT2D eigenvalue weighted by molar-refractivity contribution is 7.14. The molecule has 1 N–H and O–H groups in total. The van der Waals surface area contributed by atoms with Gasteiger partial charge in [0.2, 0.25) is 0 Å². The number of esters is 1. The number of carbonyl (C=O) groups excluding carboxylic acids is 3. The standard InChI is InChI=1S/C27H21ClFN3O4S/c28-20-12-10-19(11-13-20)23-17-37-27(31-23)32(15-18-6-2-1-3-7-18)24(33)16-36-25(34)14-30-26(35)21-8-4-5-9-22(21)29/h1-13,17H,14-16H2,(H,30,35). The summed E-state index contributed by atoms with van der Waals surface area (Å²) in [5.41, 5.74) is 2.19. The molecule has 0 saturated carbocycles. The second kappa shape index (κ2) is 12.2. The zero-order valence-electron chi connectivity index (χ0n) is 19.4. The van der Waals surface area contributed by atoms with Crippen LogP contribution in [0, 0.1) is 5.82 Å². The normalized spacial score (nSPS) is 10.5. The average molecular weight is 538 g/mol. The fourth-order valence-electron chi connectivity index (χ4n) is 3.33. The molecule has 0 radical (unpaired) electrons. The number of aromatic nitrogens is 1. The number of halogens is 2. The molecule has 1 heterocycles. The van der Waals surface area contributed by atoms with Gasteiger partial charge in [-0.2, -0.15) is 0 Å². The summed E-state index contributed by atoms with van der Waals surface area (Å²) in [7, 11) is 0. The van der Waals surface area contributed by atoms with Crippen LogP contribution in [0.2, 0.25) is 5.02 Å². The SMILES string of the molecule is O=C(CNC(=O)c1ccccc1F)OCC(=O)N(Cc1ccccc1)c1nc(-c2ccc(Cl)cc2)cs1. The number of amides is 2. The summed E-state index contributed by atoms with van der Waals surface area (Å²) >= 11 is 7.25. The molecule has 0 atom stereocenters. The Morgan fingerprint density at radius 1 is 0.973 bits per heavy atom. The van der Waals surface area contributed by atoms with Gasteiger partial charge in [-0.15, -0.1) is 11.3 Å². The van der Waals surface area contributed by atoms with E-state index >= 15 is 0 Å². The lowest BCUT2D eigenvalue weighted by atomic mass is 10.2. The molecule has 7 nitrogen and oxygen atoms in total. The van der Waals surface area contributed by atoms with Gasteiger partial charge < -0.3 is 10.1 Å². The van der Waals surface area contributed by atoms with Crippen LogP contribution in [0.1, 0.15) is 15.9 Å². The second-order valence-corrected chi connectivity index (χ2v) is 9.08. The Labute approximate surface area is 221 Å². The molecule has 0 fully saturated rings. The van der Waals surface area contributed by atoms with E-state index in [2.05, 4.69) is 10.3 Å². The molecule has 0 bridgehead atoms. The zero-order valence-corrected chi connectivity index (χ0v) is 21.0. The molecule has 10 heteroatoms. The Balaban J connectivity index is 1.41. The first kappa shape index (κ1) is 26.0. The molecule has 37 heavy (non-hydrogen) atoms. The van der Waals surface area contributed by atoms with Crippen molar-refractivity contribution >= 4 is 45.9 Å². The number of rotatable bonds is 9. The molecule has 2 amide bonds. The Morgan fingerprint density at radius 2 is 1.68 bits per heavy atom.